The van der Waals surface area contributed by atoms with Crippen molar-refractivity contribution in [1.82, 2.24) is 4.98 Å². The normalized spacial score (nSPS) is 11.0. The molecule has 2 heteroatoms. The van der Waals surface area contributed by atoms with E-state index < -0.39 is 0 Å². The van der Waals surface area contributed by atoms with Gasteiger partial charge in [0, 0.05) is 23.6 Å². The van der Waals surface area contributed by atoms with Crippen LogP contribution in [0, 0.1) is 6.92 Å². The Kier molecular flexibility index (Phi) is 2.65. The number of aromatic nitrogens is 1. The number of fused-ring (bicyclic) bond motifs is 1. The molecule has 0 bridgehead atoms. The second kappa shape index (κ2) is 4.31. The molecule has 3 N–H and O–H groups in total. The molecule has 1 aromatic heterocycles. The molecular weight excluding hydrogens is 220 g/mol. The van der Waals surface area contributed by atoms with Crippen LogP contribution in [0.1, 0.15) is 11.1 Å². The molecule has 0 spiro atoms. The summed E-state index contributed by atoms with van der Waals surface area (Å²) in [6.07, 6.45) is 2.05. The van der Waals surface area contributed by atoms with Gasteiger partial charge in [0.05, 0.1) is 0 Å². The highest BCUT2D eigenvalue weighted by atomic mass is 14.7. The van der Waals surface area contributed by atoms with Gasteiger partial charge in [0.15, 0.2) is 0 Å². The van der Waals surface area contributed by atoms with Gasteiger partial charge >= 0.3 is 0 Å². The van der Waals surface area contributed by atoms with Gasteiger partial charge in [-0.1, -0.05) is 24.3 Å². The van der Waals surface area contributed by atoms with Crippen molar-refractivity contribution < 1.29 is 0 Å². The molecule has 0 fully saturated rings. The number of hydrogen-bond acceptors (Lipinski definition) is 1. The minimum absolute atomic E-state index is 0.583. The third-order valence-corrected chi connectivity index (χ3v) is 3.38. The number of nitrogens with two attached hydrogens (primary N) is 1. The second-order valence-electron chi connectivity index (χ2n) is 4.64. The van der Waals surface area contributed by atoms with Gasteiger partial charge in [-0.2, -0.15) is 0 Å². The van der Waals surface area contributed by atoms with Crippen molar-refractivity contribution in [2.45, 2.75) is 13.5 Å². The molecule has 0 aliphatic carbocycles. The number of nitrogens with one attached hydrogen (secondary N) is 1. The highest BCUT2D eigenvalue weighted by Crippen LogP contribution is 2.26. The van der Waals surface area contributed by atoms with E-state index in [2.05, 4.69) is 54.4 Å². The maximum absolute atomic E-state index is 5.69. The second-order valence-corrected chi connectivity index (χ2v) is 4.64. The van der Waals surface area contributed by atoms with E-state index in [4.69, 9.17) is 5.73 Å². The Bertz CT molecular complexity index is 695. The lowest BCUT2D eigenvalue weighted by Crippen LogP contribution is -1.95. The molecule has 0 unspecified atom stereocenters. The van der Waals surface area contributed by atoms with Crippen LogP contribution in [0.15, 0.2) is 48.7 Å². The first-order valence-electron chi connectivity index (χ1n) is 6.15. The van der Waals surface area contributed by atoms with Crippen LogP contribution in [0.25, 0.3) is 22.0 Å². The van der Waals surface area contributed by atoms with Gasteiger partial charge in [-0.25, -0.2) is 0 Å². The lowest BCUT2D eigenvalue weighted by molar-refractivity contribution is 1.07. The third kappa shape index (κ3) is 1.81. The molecule has 3 aromatic rings. The first kappa shape index (κ1) is 11.1. The van der Waals surface area contributed by atoms with Crippen molar-refractivity contribution in [3.05, 3.63) is 59.8 Å². The third-order valence-electron chi connectivity index (χ3n) is 3.38. The minimum Gasteiger partial charge on any atom is -0.361 e. The predicted octanol–water partition coefficient (Wildman–Crippen LogP) is 3.60. The van der Waals surface area contributed by atoms with Gasteiger partial charge in [0.25, 0.3) is 0 Å². The van der Waals surface area contributed by atoms with E-state index in [1.165, 1.54) is 33.2 Å². The number of hydrogen-bond donors (Lipinski definition) is 2. The van der Waals surface area contributed by atoms with E-state index in [-0.39, 0.29) is 0 Å². The molecule has 0 saturated carbocycles. The average molecular weight is 236 g/mol. The molecule has 0 aliphatic rings. The summed E-state index contributed by atoms with van der Waals surface area (Å²) in [5, 5.41) is 1.28. The smallest absolute Gasteiger partial charge is 0.0457 e. The first-order chi connectivity index (χ1) is 8.78. The monoisotopic (exact) mass is 236 g/mol. The SMILES string of the molecule is Cc1c[nH]c2ccc(-c3cccc(CN)c3)cc12. The Morgan fingerprint density at radius 3 is 2.72 bits per heavy atom. The summed E-state index contributed by atoms with van der Waals surface area (Å²) in [5.74, 6) is 0. The summed E-state index contributed by atoms with van der Waals surface area (Å²) in [4.78, 5) is 3.27. The van der Waals surface area contributed by atoms with Crippen LogP contribution in [0.2, 0.25) is 0 Å². The Hall–Kier alpha value is -2.06. The summed E-state index contributed by atoms with van der Waals surface area (Å²) < 4.78 is 0. The highest BCUT2D eigenvalue weighted by Gasteiger charge is 2.03. The molecule has 3 rings (SSSR count). The summed E-state index contributed by atoms with van der Waals surface area (Å²) >= 11 is 0. The van der Waals surface area contributed by atoms with Crippen LogP contribution in [-0.4, -0.2) is 4.98 Å². The summed E-state index contributed by atoms with van der Waals surface area (Å²) in [7, 11) is 0. The minimum atomic E-state index is 0.583. The predicted molar refractivity (Wildman–Crippen MR) is 76.4 cm³/mol. The summed E-state index contributed by atoms with van der Waals surface area (Å²) in [6, 6.07) is 14.9. The highest BCUT2D eigenvalue weighted by molar-refractivity contribution is 5.87. The Morgan fingerprint density at radius 2 is 1.89 bits per heavy atom. The van der Waals surface area contributed by atoms with Crippen LogP contribution in [0.5, 0.6) is 0 Å². The number of aryl methyl sites for hydroxylation is 1. The van der Waals surface area contributed by atoms with E-state index in [0.29, 0.717) is 6.54 Å². The Labute approximate surface area is 106 Å². The maximum atomic E-state index is 5.69. The molecule has 2 nitrogen and oxygen atoms in total. The molecule has 0 saturated heterocycles. The lowest BCUT2D eigenvalue weighted by Gasteiger charge is -2.05. The molecule has 0 amide bonds. The van der Waals surface area contributed by atoms with Crippen LogP contribution >= 0.6 is 0 Å². The van der Waals surface area contributed by atoms with Gasteiger partial charge < -0.3 is 10.7 Å². The number of H-pyrrole nitrogens is 1. The fourth-order valence-electron chi connectivity index (χ4n) is 2.32. The number of rotatable bonds is 2. The zero-order valence-corrected chi connectivity index (χ0v) is 10.4. The molecule has 0 radical (unpaired) electrons. The average Bonchev–Trinajstić information content (AvgIpc) is 2.80. The zero-order valence-electron chi connectivity index (χ0n) is 10.4. The van der Waals surface area contributed by atoms with Crippen molar-refractivity contribution in [3.8, 4) is 11.1 Å². The van der Waals surface area contributed by atoms with Gasteiger partial charge in [0.1, 0.15) is 0 Å². The van der Waals surface area contributed by atoms with Crippen molar-refractivity contribution in [2.75, 3.05) is 0 Å². The van der Waals surface area contributed by atoms with Crippen molar-refractivity contribution >= 4 is 10.9 Å². The van der Waals surface area contributed by atoms with E-state index >= 15 is 0 Å². The largest absolute Gasteiger partial charge is 0.361 e. The van der Waals surface area contributed by atoms with Crippen molar-refractivity contribution in [1.29, 1.82) is 0 Å². The summed E-state index contributed by atoms with van der Waals surface area (Å²) in [6.45, 7) is 2.71. The molecular formula is C16H16N2. The van der Waals surface area contributed by atoms with Gasteiger partial charge in [0.2, 0.25) is 0 Å². The Balaban J connectivity index is 2.15. The van der Waals surface area contributed by atoms with Crippen LogP contribution in [-0.2, 0) is 6.54 Å². The molecule has 90 valence electrons. The summed E-state index contributed by atoms with van der Waals surface area (Å²) in [5.41, 5.74) is 11.8. The maximum Gasteiger partial charge on any atom is 0.0457 e. The lowest BCUT2D eigenvalue weighted by atomic mass is 10.0. The van der Waals surface area contributed by atoms with Crippen molar-refractivity contribution in [3.63, 3.8) is 0 Å². The fraction of sp³-hybridized carbons (Fsp3) is 0.125. The first-order valence-corrected chi connectivity index (χ1v) is 6.15. The van der Waals surface area contributed by atoms with E-state index in [0.717, 1.165) is 0 Å². The quantitative estimate of drug-likeness (QED) is 0.701. The van der Waals surface area contributed by atoms with Crippen LogP contribution in [0.3, 0.4) is 0 Å². The fourth-order valence-corrected chi connectivity index (χ4v) is 2.32. The number of benzene rings is 2. The van der Waals surface area contributed by atoms with Gasteiger partial charge in [-0.3, -0.25) is 0 Å². The zero-order chi connectivity index (χ0) is 12.5. The topological polar surface area (TPSA) is 41.8 Å². The molecule has 0 aliphatic heterocycles. The molecule has 0 atom stereocenters. The van der Waals surface area contributed by atoms with Gasteiger partial charge in [-0.15, -0.1) is 0 Å². The Morgan fingerprint density at radius 1 is 1.06 bits per heavy atom. The van der Waals surface area contributed by atoms with E-state index in [1.54, 1.807) is 0 Å². The molecule has 1 heterocycles. The van der Waals surface area contributed by atoms with E-state index in [1.807, 2.05) is 6.20 Å². The van der Waals surface area contributed by atoms with Crippen LogP contribution in [0.4, 0.5) is 0 Å². The molecule has 2 aromatic carbocycles. The molecule has 18 heavy (non-hydrogen) atoms. The number of aromatic amines is 1. The standard InChI is InChI=1S/C16H16N2/c1-11-10-18-16-6-5-14(8-15(11)16)13-4-2-3-12(7-13)9-17/h2-8,10,18H,9,17H2,1H3. The van der Waals surface area contributed by atoms with Crippen molar-refractivity contribution in [2.24, 2.45) is 5.73 Å². The van der Waals surface area contributed by atoms with E-state index in [9.17, 15) is 0 Å². The van der Waals surface area contributed by atoms with Gasteiger partial charge in [-0.05, 0) is 47.4 Å². The van der Waals surface area contributed by atoms with Crippen LogP contribution < -0.4 is 5.73 Å².